The topological polar surface area (TPSA) is 94.3 Å². The van der Waals surface area contributed by atoms with Gasteiger partial charge in [0.25, 0.3) is 11.8 Å². The minimum absolute atomic E-state index is 0.0652. The van der Waals surface area contributed by atoms with Crippen LogP contribution in [0.25, 0.3) is 22.8 Å². The van der Waals surface area contributed by atoms with Gasteiger partial charge in [0.05, 0.1) is 0 Å². The van der Waals surface area contributed by atoms with Crippen LogP contribution < -0.4 is 10.1 Å². The van der Waals surface area contributed by atoms with Gasteiger partial charge in [-0.15, -0.1) is 0 Å². The molecule has 0 aliphatic heterocycles. The first-order valence-electron chi connectivity index (χ1n) is 9.62. The number of aromatic nitrogens is 2. The molecule has 0 saturated heterocycles. The molecule has 31 heavy (non-hydrogen) atoms. The van der Waals surface area contributed by atoms with Crippen LogP contribution in [-0.2, 0) is 4.79 Å². The van der Waals surface area contributed by atoms with Gasteiger partial charge < -0.3 is 14.6 Å². The Morgan fingerprint density at radius 3 is 2.45 bits per heavy atom. The molecule has 3 aromatic carbocycles. The molecule has 0 fully saturated rings. The Balaban J connectivity index is 1.35. The lowest BCUT2D eigenvalue weighted by molar-refractivity contribution is -0.118. The van der Waals surface area contributed by atoms with E-state index in [1.807, 2.05) is 30.3 Å². The minimum Gasteiger partial charge on any atom is -0.484 e. The van der Waals surface area contributed by atoms with Crippen LogP contribution in [0.2, 0.25) is 0 Å². The molecule has 7 nitrogen and oxygen atoms in total. The van der Waals surface area contributed by atoms with E-state index in [-0.39, 0.29) is 18.3 Å². The van der Waals surface area contributed by atoms with Gasteiger partial charge in [0.2, 0.25) is 5.82 Å². The van der Waals surface area contributed by atoms with Crippen molar-refractivity contribution < 1.29 is 18.8 Å². The molecule has 7 heteroatoms. The van der Waals surface area contributed by atoms with Crippen molar-refractivity contribution >= 4 is 17.4 Å². The van der Waals surface area contributed by atoms with E-state index >= 15 is 0 Å². The number of carbonyl (C=O) groups excluding carboxylic acids is 2. The highest BCUT2D eigenvalue weighted by molar-refractivity contribution is 5.97. The van der Waals surface area contributed by atoms with Gasteiger partial charge in [-0.3, -0.25) is 9.59 Å². The summed E-state index contributed by atoms with van der Waals surface area (Å²) in [5, 5.41) is 6.72. The van der Waals surface area contributed by atoms with Crippen molar-refractivity contribution in [1.82, 2.24) is 10.1 Å². The van der Waals surface area contributed by atoms with E-state index in [0.29, 0.717) is 28.7 Å². The maximum atomic E-state index is 12.1. The lowest BCUT2D eigenvalue weighted by atomic mass is 10.1. The third kappa shape index (κ3) is 5.02. The number of anilines is 1. The monoisotopic (exact) mass is 413 g/mol. The van der Waals surface area contributed by atoms with Gasteiger partial charge in [-0.2, -0.15) is 4.98 Å². The molecule has 0 spiro atoms. The third-order valence-electron chi connectivity index (χ3n) is 4.48. The van der Waals surface area contributed by atoms with E-state index in [0.717, 1.165) is 11.1 Å². The maximum Gasteiger partial charge on any atom is 0.262 e. The summed E-state index contributed by atoms with van der Waals surface area (Å²) in [5.74, 6) is 1.05. The second kappa shape index (κ2) is 9.04. The summed E-state index contributed by atoms with van der Waals surface area (Å²) in [6.45, 7) is 1.31. The molecule has 1 N–H and O–H groups in total. The first-order valence-corrected chi connectivity index (χ1v) is 9.62. The molecule has 4 aromatic rings. The number of hydrogen-bond acceptors (Lipinski definition) is 6. The predicted molar refractivity (Wildman–Crippen MR) is 116 cm³/mol. The minimum atomic E-state index is -0.325. The standard InChI is InChI=1S/C24H19N3O4/c1-16(28)19-8-5-9-20(14-19)25-22(29)15-30-21-12-10-18(11-13-21)24-26-23(27-31-24)17-6-3-2-4-7-17/h2-14H,15H2,1H3,(H,25,29). The summed E-state index contributed by atoms with van der Waals surface area (Å²) >= 11 is 0. The summed E-state index contributed by atoms with van der Waals surface area (Å²) in [5.41, 5.74) is 2.69. The number of Topliss-reactive ketones (excluding diaryl/α,β-unsaturated/α-hetero) is 1. The molecular weight excluding hydrogens is 394 g/mol. The number of nitrogens with one attached hydrogen (secondary N) is 1. The second-order valence-electron chi connectivity index (χ2n) is 6.79. The number of rotatable bonds is 7. The van der Waals surface area contributed by atoms with E-state index < -0.39 is 0 Å². The molecule has 0 radical (unpaired) electrons. The molecule has 0 aliphatic carbocycles. The van der Waals surface area contributed by atoms with E-state index in [9.17, 15) is 9.59 Å². The van der Waals surface area contributed by atoms with Crippen LogP contribution in [0, 0.1) is 0 Å². The van der Waals surface area contributed by atoms with Gasteiger partial charge in [-0.1, -0.05) is 47.6 Å². The Kier molecular flexibility index (Phi) is 5.84. The Hall–Kier alpha value is -4.26. The SMILES string of the molecule is CC(=O)c1cccc(NC(=O)COc2ccc(-c3nc(-c4ccccc4)no3)cc2)c1. The zero-order chi connectivity index (χ0) is 21.6. The fraction of sp³-hybridized carbons (Fsp3) is 0.0833. The third-order valence-corrected chi connectivity index (χ3v) is 4.48. The van der Waals surface area contributed by atoms with Crippen molar-refractivity contribution in [2.75, 3.05) is 11.9 Å². The van der Waals surface area contributed by atoms with Crippen LogP contribution in [0.5, 0.6) is 5.75 Å². The van der Waals surface area contributed by atoms with E-state index in [2.05, 4.69) is 15.5 Å². The summed E-state index contributed by atoms with van der Waals surface area (Å²) in [6.07, 6.45) is 0. The molecule has 0 unspecified atom stereocenters. The number of carbonyl (C=O) groups is 2. The lowest BCUT2D eigenvalue weighted by Gasteiger charge is -2.08. The van der Waals surface area contributed by atoms with Crippen LogP contribution in [0.4, 0.5) is 5.69 Å². The van der Waals surface area contributed by atoms with Gasteiger partial charge in [-0.25, -0.2) is 0 Å². The first kappa shape index (κ1) is 20.0. The second-order valence-corrected chi connectivity index (χ2v) is 6.79. The molecule has 4 rings (SSSR count). The van der Waals surface area contributed by atoms with Crippen molar-refractivity contribution in [3.63, 3.8) is 0 Å². The smallest absolute Gasteiger partial charge is 0.262 e. The van der Waals surface area contributed by atoms with Crippen LogP contribution in [0.3, 0.4) is 0 Å². The number of hydrogen-bond donors (Lipinski definition) is 1. The van der Waals surface area contributed by atoms with Crippen molar-refractivity contribution in [2.45, 2.75) is 6.92 Å². The lowest BCUT2D eigenvalue weighted by Crippen LogP contribution is -2.20. The quantitative estimate of drug-likeness (QED) is 0.444. The number of ketones is 1. The number of benzene rings is 3. The van der Waals surface area contributed by atoms with Crippen molar-refractivity contribution in [3.05, 3.63) is 84.4 Å². The Bertz CT molecular complexity index is 1200. The highest BCUT2D eigenvalue weighted by Gasteiger charge is 2.11. The first-order chi connectivity index (χ1) is 15.1. The summed E-state index contributed by atoms with van der Waals surface area (Å²) < 4.78 is 10.9. The predicted octanol–water partition coefficient (Wildman–Crippen LogP) is 4.62. The van der Waals surface area contributed by atoms with Gasteiger partial charge >= 0.3 is 0 Å². The molecule has 0 saturated carbocycles. The molecule has 154 valence electrons. The zero-order valence-electron chi connectivity index (χ0n) is 16.7. The van der Waals surface area contributed by atoms with Gasteiger partial charge in [0, 0.05) is 22.4 Å². The Labute approximate surface area is 178 Å². The molecule has 0 atom stereocenters. The molecular formula is C24H19N3O4. The van der Waals surface area contributed by atoms with Crippen molar-refractivity contribution in [1.29, 1.82) is 0 Å². The van der Waals surface area contributed by atoms with Crippen molar-refractivity contribution in [3.8, 4) is 28.6 Å². The fourth-order valence-corrected chi connectivity index (χ4v) is 2.90. The van der Waals surface area contributed by atoms with Crippen LogP contribution in [0.15, 0.2) is 83.4 Å². The highest BCUT2D eigenvalue weighted by Crippen LogP contribution is 2.24. The molecule has 0 aliphatic rings. The van der Waals surface area contributed by atoms with E-state index in [4.69, 9.17) is 9.26 Å². The van der Waals surface area contributed by atoms with Crippen LogP contribution >= 0.6 is 0 Å². The largest absolute Gasteiger partial charge is 0.484 e. The molecule has 1 amide bonds. The molecule has 0 bridgehead atoms. The van der Waals surface area contributed by atoms with Crippen LogP contribution in [0.1, 0.15) is 17.3 Å². The number of amides is 1. The van der Waals surface area contributed by atoms with Crippen molar-refractivity contribution in [2.24, 2.45) is 0 Å². The Morgan fingerprint density at radius 1 is 0.935 bits per heavy atom. The van der Waals surface area contributed by atoms with E-state index in [1.54, 1.807) is 48.5 Å². The zero-order valence-corrected chi connectivity index (χ0v) is 16.7. The molecule has 1 heterocycles. The normalized spacial score (nSPS) is 10.5. The highest BCUT2D eigenvalue weighted by atomic mass is 16.5. The Morgan fingerprint density at radius 2 is 1.71 bits per heavy atom. The average molecular weight is 413 g/mol. The maximum absolute atomic E-state index is 12.1. The van der Waals surface area contributed by atoms with Gasteiger partial charge in [0.15, 0.2) is 12.4 Å². The fourth-order valence-electron chi connectivity index (χ4n) is 2.90. The average Bonchev–Trinajstić information content (AvgIpc) is 3.29. The van der Waals surface area contributed by atoms with Gasteiger partial charge in [-0.05, 0) is 43.3 Å². The summed E-state index contributed by atoms with van der Waals surface area (Å²) in [7, 11) is 0. The number of nitrogens with zero attached hydrogens (tertiary/aromatic N) is 2. The summed E-state index contributed by atoms with van der Waals surface area (Å²) in [4.78, 5) is 28.0. The van der Waals surface area contributed by atoms with Gasteiger partial charge in [0.1, 0.15) is 5.75 Å². The number of ether oxygens (including phenoxy) is 1. The molecule has 1 aromatic heterocycles. The summed E-state index contributed by atoms with van der Waals surface area (Å²) in [6, 6.07) is 23.3. The van der Waals surface area contributed by atoms with Crippen LogP contribution in [-0.4, -0.2) is 28.4 Å². The van der Waals surface area contributed by atoms with E-state index in [1.165, 1.54) is 6.92 Å².